The van der Waals surface area contributed by atoms with Crippen molar-refractivity contribution in [3.63, 3.8) is 0 Å². The number of fused-ring (bicyclic) bond motifs is 2. The molecule has 0 atom stereocenters. The van der Waals surface area contributed by atoms with Crippen molar-refractivity contribution in [3.05, 3.63) is 34.6 Å². The zero-order chi connectivity index (χ0) is 16.4. The smallest absolute Gasteiger partial charge is 0.172 e. The monoisotopic (exact) mass is 332 g/mol. The summed E-state index contributed by atoms with van der Waals surface area (Å²) in [5, 5.41) is 4.41. The Morgan fingerprint density at radius 2 is 2.13 bits per heavy atom. The highest BCUT2D eigenvalue weighted by molar-refractivity contribution is 6.30. The molecule has 0 saturated heterocycles. The van der Waals surface area contributed by atoms with E-state index in [4.69, 9.17) is 26.8 Å². The van der Waals surface area contributed by atoms with Crippen LogP contribution < -0.4 is 21.4 Å². The van der Waals surface area contributed by atoms with E-state index < -0.39 is 0 Å². The Morgan fingerprint density at radius 1 is 1.30 bits per heavy atom. The van der Waals surface area contributed by atoms with Crippen LogP contribution in [0, 0.1) is 0 Å². The second kappa shape index (κ2) is 6.44. The molecule has 1 aliphatic heterocycles. The summed E-state index contributed by atoms with van der Waals surface area (Å²) >= 11 is 6.23. The van der Waals surface area contributed by atoms with Crippen LogP contribution >= 0.6 is 11.6 Å². The summed E-state index contributed by atoms with van der Waals surface area (Å²) in [5.74, 6) is 6.46. The molecule has 0 unspecified atom stereocenters. The second-order valence-electron chi connectivity index (χ2n) is 4.92. The van der Waals surface area contributed by atoms with E-state index in [1.807, 2.05) is 19.9 Å². The highest BCUT2D eigenvalue weighted by Crippen LogP contribution is 2.32. The molecule has 0 fully saturated rings. The molecule has 0 radical (unpaired) electrons. The third-order valence-electron chi connectivity index (χ3n) is 3.37. The molecule has 1 aliphatic carbocycles. The van der Waals surface area contributed by atoms with Crippen LogP contribution in [-0.2, 0) is 0 Å². The van der Waals surface area contributed by atoms with E-state index in [1.54, 1.807) is 18.2 Å². The lowest BCUT2D eigenvalue weighted by Gasteiger charge is -2.12. The molecule has 0 amide bonds. The molecule has 1 heterocycles. The molecular formula is C16H17ClN4O2. The van der Waals surface area contributed by atoms with Crippen molar-refractivity contribution < 1.29 is 9.25 Å². The summed E-state index contributed by atoms with van der Waals surface area (Å²) in [6.45, 7) is 5.32. The van der Waals surface area contributed by atoms with E-state index in [2.05, 4.69) is 15.3 Å². The van der Waals surface area contributed by atoms with Gasteiger partial charge in [0.2, 0.25) is 0 Å². The van der Waals surface area contributed by atoms with Gasteiger partial charge in [-0.1, -0.05) is 11.6 Å². The normalized spacial score (nSPS) is 12.1. The number of aromatic nitrogens is 1. The second-order valence-corrected chi connectivity index (χ2v) is 5.33. The van der Waals surface area contributed by atoms with Gasteiger partial charge in [-0.3, -0.25) is 4.99 Å². The van der Waals surface area contributed by atoms with E-state index >= 15 is 0 Å². The number of rotatable bonds is 4. The van der Waals surface area contributed by atoms with Gasteiger partial charge in [0.15, 0.2) is 17.1 Å². The molecule has 0 spiro atoms. The zero-order valence-corrected chi connectivity index (χ0v) is 13.6. The molecule has 2 aliphatic rings. The van der Waals surface area contributed by atoms with Crippen molar-refractivity contribution in [2.45, 2.75) is 13.8 Å². The minimum absolute atomic E-state index is 0.505. The van der Waals surface area contributed by atoms with E-state index in [1.165, 1.54) is 0 Å². The zero-order valence-electron chi connectivity index (χ0n) is 12.9. The molecule has 1 aromatic carbocycles. The summed E-state index contributed by atoms with van der Waals surface area (Å²) in [4.78, 5) is 13.8. The topological polar surface area (TPSA) is 85.7 Å². The van der Waals surface area contributed by atoms with Gasteiger partial charge in [0.1, 0.15) is 11.2 Å². The van der Waals surface area contributed by atoms with Crippen molar-refractivity contribution >= 4 is 28.4 Å². The first-order valence-corrected chi connectivity index (χ1v) is 7.73. The first kappa shape index (κ1) is 15.6. The van der Waals surface area contributed by atoms with Gasteiger partial charge in [0, 0.05) is 31.3 Å². The fourth-order valence-electron chi connectivity index (χ4n) is 2.39. The number of anilines is 1. The Morgan fingerprint density at radius 3 is 2.83 bits per heavy atom. The number of halogens is 1. The maximum atomic E-state index is 6.23. The third-order valence-corrected chi connectivity index (χ3v) is 3.68. The van der Waals surface area contributed by atoms with Gasteiger partial charge in [0.25, 0.3) is 0 Å². The van der Waals surface area contributed by atoms with Gasteiger partial charge in [0.05, 0.1) is 16.1 Å². The van der Waals surface area contributed by atoms with Crippen LogP contribution in [0.25, 0.3) is 22.6 Å². The Kier molecular flexibility index (Phi) is 4.36. The Hall–Kier alpha value is -2.31. The molecule has 3 rings (SSSR count). The van der Waals surface area contributed by atoms with Crippen LogP contribution in [0.4, 0.5) is 5.69 Å². The molecule has 23 heavy (non-hydrogen) atoms. The lowest BCUT2D eigenvalue weighted by molar-refractivity contribution is 0.336. The summed E-state index contributed by atoms with van der Waals surface area (Å²) in [6.07, 6.45) is 0. The van der Waals surface area contributed by atoms with Crippen LogP contribution in [0.15, 0.2) is 33.7 Å². The SMILES string of the molecule is CCN=c1cc2oc3cc(NCC)c(ON)cc3nc-2cc1Cl. The van der Waals surface area contributed by atoms with Gasteiger partial charge in [-0.05, 0) is 19.9 Å². The van der Waals surface area contributed by atoms with E-state index in [0.717, 1.165) is 12.2 Å². The van der Waals surface area contributed by atoms with E-state index in [0.29, 0.717) is 45.2 Å². The van der Waals surface area contributed by atoms with Crippen molar-refractivity contribution in [2.24, 2.45) is 10.9 Å². The molecule has 0 saturated carbocycles. The average Bonchev–Trinajstić information content (AvgIpc) is 2.54. The number of nitrogens with one attached hydrogen (secondary N) is 1. The number of benzene rings is 2. The lowest BCUT2D eigenvalue weighted by atomic mass is 10.2. The van der Waals surface area contributed by atoms with E-state index in [9.17, 15) is 0 Å². The van der Waals surface area contributed by atoms with Gasteiger partial charge in [-0.25, -0.2) is 4.98 Å². The van der Waals surface area contributed by atoms with Crippen LogP contribution in [0.2, 0.25) is 5.02 Å². The highest BCUT2D eigenvalue weighted by atomic mass is 35.5. The molecule has 120 valence electrons. The maximum Gasteiger partial charge on any atom is 0.172 e. The molecule has 0 aromatic heterocycles. The Labute approximate surface area is 138 Å². The van der Waals surface area contributed by atoms with Crippen molar-refractivity contribution in [1.29, 1.82) is 0 Å². The van der Waals surface area contributed by atoms with Crippen LogP contribution in [-0.4, -0.2) is 18.1 Å². The first-order valence-electron chi connectivity index (χ1n) is 7.35. The fraction of sp³-hybridized carbons (Fsp3) is 0.250. The third kappa shape index (κ3) is 2.95. The van der Waals surface area contributed by atoms with Crippen molar-refractivity contribution in [1.82, 2.24) is 4.98 Å². The molecule has 6 nitrogen and oxygen atoms in total. The minimum atomic E-state index is 0.505. The first-order chi connectivity index (χ1) is 11.2. The lowest BCUT2D eigenvalue weighted by Crippen LogP contribution is -2.08. The maximum absolute atomic E-state index is 6.23. The predicted molar refractivity (Wildman–Crippen MR) is 90.7 cm³/mol. The fourth-order valence-corrected chi connectivity index (χ4v) is 2.60. The van der Waals surface area contributed by atoms with Gasteiger partial charge >= 0.3 is 0 Å². The van der Waals surface area contributed by atoms with E-state index in [-0.39, 0.29) is 0 Å². The molecular weight excluding hydrogens is 316 g/mol. The quantitative estimate of drug-likeness (QED) is 0.566. The Bertz CT molecular complexity index is 891. The standard InChI is InChI=1S/C16H17ClN4O2/c1-3-19-10-6-14-12(5-9(10)17)21-13-8-16(23-18)11(20-4-2)7-15(13)22-14/h5-8,20H,3-4,18H2,1-2H3. The Balaban J connectivity index is 2.28. The van der Waals surface area contributed by atoms with Crippen molar-refractivity contribution in [2.75, 3.05) is 18.4 Å². The molecule has 7 heteroatoms. The van der Waals surface area contributed by atoms with Gasteiger partial charge in [-0.2, -0.15) is 5.90 Å². The average molecular weight is 333 g/mol. The van der Waals surface area contributed by atoms with Crippen molar-refractivity contribution in [3.8, 4) is 17.2 Å². The number of nitrogens with two attached hydrogens (primary N) is 1. The van der Waals surface area contributed by atoms with Gasteiger partial charge < -0.3 is 14.6 Å². The minimum Gasteiger partial charge on any atom is -0.453 e. The molecule has 3 N–H and O–H groups in total. The van der Waals surface area contributed by atoms with Crippen LogP contribution in [0.5, 0.6) is 5.75 Å². The predicted octanol–water partition coefficient (Wildman–Crippen LogP) is 3.19. The molecule has 0 bridgehead atoms. The summed E-state index contributed by atoms with van der Waals surface area (Å²) in [5.41, 5.74) is 2.66. The number of nitrogens with zero attached hydrogens (tertiary/aromatic N) is 2. The van der Waals surface area contributed by atoms with Crippen LogP contribution in [0.1, 0.15) is 13.8 Å². The largest absolute Gasteiger partial charge is 0.453 e. The van der Waals surface area contributed by atoms with Gasteiger partial charge in [-0.15, -0.1) is 0 Å². The van der Waals surface area contributed by atoms with Crippen LogP contribution in [0.3, 0.4) is 0 Å². The summed E-state index contributed by atoms with van der Waals surface area (Å²) in [6, 6.07) is 7.09. The highest BCUT2D eigenvalue weighted by Gasteiger charge is 2.14. The number of hydrogen-bond acceptors (Lipinski definition) is 6. The number of hydrogen-bond donors (Lipinski definition) is 2. The molecule has 1 aromatic rings. The summed E-state index contributed by atoms with van der Waals surface area (Å²) < 4.78 is 5.96. The summed E-state index contributed by atoms with van der Waals surface area (Å²) in [7, 11) is 0.